The van der Waals surface area contributed by atoms with Gasteiger partial charge in [0.25, 0.3) is 0 Å². The first-order chi connectivity index (χ1) is 6.43. The van der Waals surface area contributed by atoms with E-state index >= 15 is 0 Å². The summed E-state index contributed by atoms with van der Waals surface area (Å²) in [7, 11) is 0. The normalized spacial score (nSPS) is 12.6. The Labute approximate surface area is 89.9 Å². The second kappa shape index (κ2) is 4.09. The molecule has 0 saturated heterocycles. The van der Waals surface area contributed by atoms with Crippen LogP contribution in [0.25, 0.3) is 0 Å². The Morgan fingerprint density at radius 1 is 1.57 bits per heavy atom. The zero-order chi connectivity index (χ0) is 10.9. The highest BCUT2D eigenvalue weighted by atomic mass is 79.9. The third kappa shape index (κ3) is 2.12. The molecule has 1 atom stereocenters. The number of hydrogen-bond donors (Lipinski definition) is 1. The average molecular weight is 261 g/mol. The van der Waals surface area contributed by atoms with Crippen LogP contribution in [-0.4, -0.2) is 11.1 Å². The monoisotopic (exact) mass is 260 g/mol. The molecule has 0 amide bonds. The van der Waals surface area contributed by atoms with Crippen molar-refractivity contribution in [2.75, 3.05) is 0 Å². The van der Waals surface area contributed by atoms with Crippen LogP contribution >= 0.6 is 15.9 Å². The number of aryl methyl sites for hydroxylation is 1. The van der Waals surface area contributed by atoms with Gasteiger partial charge < -0.3 is 5.11 Å². The third-order valence-electron chi connectivity index (χ3n) is 2.10. The highest BCUT2D eigenvalue weighted by Crippen LogP contribution is 2.25. The largest absolute Gasteiger partial charge is 0.481 e. The molecule has 0 aliphatic carbocycles. The minimum Gasteiger partial charge on any atom is -0.481 e. The molecule has 0 fully saturated rings. The molecule has 1 N–H and O–H groups in total. The van der Waals surface area contributed by atoms with E-state index in [1.54, 1.807) is 19.9 Å². The van der Waals surface area contributed by atoms with Crippen LogP contribution in [0, 0.1) is 12.7 Å². The number of aliphatic carboxylic acids is 1. The van der Waals surface area contributed by atoms with Crippen LogP contribution in [-0.2, 0) is 4.79 Å². The Balaban J connectivity index is 3.19. The Kier molecular flexibility index (Phi) is 3.26. The molecule has 0 aliphatic rings. The second-order valence-corrected chi connectivity index (χ2v) is 4.05. The van der Waals surface area contributed by atoms with E-state index < -0.39 is 11.9 Å². The van der Waals surface area contributed by atoms with Crippen LogP contribution in [0.5, 0.6) is 0 Å². The predicted octanol–water partition coefficient (Wildman–Crippen LogP) is 3.08. The number of benzene rings is 1. The standard InChI is InChI=1S/C10H10BrFO2/c1-5-3-7(6(2)10(13)14)4-8(11)9(5)12/h3-4,6H,1-2H3,(H,13,14). The summed E-state index contributed by atoms with van der Waals surface area (Å²) in [6.07, 6.45) is 0. The molecule has 1 aromatic carbocycles. The maximum Gasteiger partial charge on any atom is 0.310 e. The summed E-state index contributed by atoms with van der Waals surface area (Å²) in [5.74, 6) is -1.88. The van der Waals surface area contributed by atoms with Crippen molar-refractivity contribution in [1.82, 2.24) is 0 Å². The fourth-order valence-electron chi connectivity index (χ4n) is 1.15. The Morgan fingerprint density at radius 3 is 2.57 bits per heavy atom. The average Bonchev–Trinajstić information content (AvgIpc) is 2.12. The van der Waals surface area contributed by atoms with Crippen LogP contribution in [0.2, 0.25) is 0 Å². The summed E-state index contributed by atoms with van der Waals surface area (Å²) >= 11 is 3.05. The van der Waals surface area contributed by atoms with E-state index in [1.807, 2.05) is 0 Å². The molecule has 2 nitrogen and oxygen atoms in total. The highest BCUT2D eigenvalue weighted by Gasteiger charge is 2.16. The molecule has 0 radical (unpaired) electrons. The first-order valence-corrected chi connectivity index (χ1v) is 4.91. The fourth-order valence-corrected chi connectivity index (χ4v) is 1.72. The quantitative estimate of drug-likeness (QED) is 0.888. The zero-order valence-corrected chi connectivity index (χ0v) is 9.43. The van der Waals surface area contributed by atoms with Crippen molar-refractivity contribution < 1.29 is 14.3 Å². The predicted molar refractivity (Wildman–Crippen MR) is 54.9 cm³/mol. The number of carboxylic acid groups (broad SMARTS) is 1. The number of hydrogen-bond acceptors (Lipinski definition) is 1. The molecule has 1 unspecified atom stereocenters. The third-order valence-corrected chi connectivity index (χ3v) is 2.68. The molecule has 0 saturated carbocycles. The van der Waals surface area contributed by atoms with E-state index in [4.69, 9.17) is 5.11 Å². The van der Waals surface area contributed by atoms with Gasteiger partial charge in [0.15, 0.2) is 0 Å². The van der Waals surface area contributed by atoms with Gasteiger partial charge in [-0.2, -0.15) is 0 Å². The van der Waals surface area contributed by atoms with Gasteiger partial charge in [0, 0.05) is 0 Å². The highest BCUT2D eigenvalue weighted by molar-refractivity contribution is 9.10. The van der Waals surface area contributed by atoms with Crippen LogP contribution in [0.15, 0.2) is 16.6 Å². The summed E-state index contributed by atoms with van der Waals surface area (Å²) < 4.78 is 13.5. The Bertz CT molecular complexity index is 353. The number of carboxylic acids is 1. The maximum atomic E-state index is 13.2. The summed E-state index contributed by atoms with van der Waals surface area (Å²) in [5, 5.41) is 8.78. The van der Waals surface area contributed by atoms with Gasteiger partial charge in [-0.25, -0.2) is 4.39 Å². The first kappa shape index (κ1) is 11.2. The lowest BCUT2D eigenvalue weighted by atomic mass is 9.99. The first-order valence-electron chi connectivity index (χ1n) is 4.12. The molecule has 0 aliphatic heterocycles. The smallest absolute Gasteiger partial charge is 0.310 e. The van der Waals surface area contributed by atoms with Crippen LogP contribution < -0.4 is 0 Å². The minimum atomic E-state index is -0.914. The fraction of sp³-hybridized carbons (Fsp3) is 0.300. The summed E-state index contributed by atoms with van der Waals surface area (Å²) in [6.45, 7) is 3.18. The van der Waals surface area contributed by atoms with E-state index in [2.05, 4.69) is 15.9 Å². The lowest BCUT2D eigenvalue weighted by Gasteiger charge is -2.09. The molecule has 76 valence electrons. The SMILES string of the molecule is Cc1cc(C(C)C(=O)O)cc(Br)c1F. The lowest BCUT2D eigenvalue weighted by Crippen LogP contribution is -2.08. The molecule has 1 aromatic rings. The topological polar surface area (TPSA) is 37.3 Å². The Hall–Kier alpha value is -0.900. The van der Waals surface area contributed by atoms with Crippen molar-refractivity contribution in [2.45, 2.75) is 19.8 Å². The molecular formula is C10H10BrFO2. The molecule has 0 heterocycles. The molecule has 0 bridgehead atoms. The van der Waals surface area contributed by atoms with Gasteiger partial charge in [0.2, 0.25) is 0 Å². The van der Waals surface area contributed by atoms with Crippen molar-refractivity contribution in [3.05, 3.63) is 33.5 Å². The van der Waals surface area contributed by atoms with Crippen molar-refractivity contribution in [3.8, 4) is 0 Å². The van der Waals surface area contributed by atoms with Crippen molar-refractivity contribution in [2.24, 2.45) is 0 Å². The van der Waals surface area contributed by atoms with Gasteiger partial charge in [-0.15, -0.1) is 0 Å². The molecule has 0 aromatic heterocycles. The van der Waals surface area contributed by atoms with Gasteiger partial charge >= 0.3 is 5.97 Å². The molecule has 14 heavy (non-hydrogen) atoms. The van der Waals surface area contributed by atoms with Gasteiger partial charge in [-0.1, -0.05) is 6.07 Å². The van der Waals surface area contributed by atoms with Crippen molar-refractivity contribution >= 4 is 21.9 Å². The van der Waals surface area contributed by atoms with Gasteiger partial charge in [-0.3, -0.25) is 4.79 Å². The molecular weight excluding hydrogens is 251 g/mol. The van der Waals surface area contributed by atoms with Crippen molar-refractivity contribution in [3.63, 3.8) is 0 Å². The van der Waals surface area contributed by atoms with Crippen molar-refractivity contribution in [1.29, 1.82) is 0 Å². The van der Waals surface area contributed by atoms with E-state index in [9.17, 15) is 9.18 Å². The van der Waals surface area contributed by atoms with Gasteiger partial charge in [-0.05, 0) is 47.0 Å². The van der Waals surface area contributed by atoms with Crippen LogP contribution in [0.3, 0.4) is 0 Å². The zero-order valence-electron chi connectivity index (χ0n) is 7.84. The summed E-state index contributed by atoms with van der Waals surface area (Å²) in [6, 6.07) is 3.06. The second-order valence-electron chi connectivity index (χ2n) is 3.19. The molecule has 1 rings (SSSR count). The Morgan fingerprint density at radius 2 is 2.14 bits per heavy atom. The molecule has 4 heteroatoms. The van der Waals surface area contributed by atoms with E-state index in [0.717, 1.165) is 0 Å². The minimum absolute atomic E-state index is 0.306. The van der Waals surface area contributed by atoms with E-state index in [0.29, 0.717) is 15.6 Å². The summed E-state index contributed by atoms with van der Waals surface area (Å²) in [5.41, 5.74) is 1.05. The van der Waals surface area contributed by atoms with Crippen LogP contribution in [0.4, 0.5) is 4.39 Å². The lowest BCUT2D eigenvalue weighted by molar-refractivity contribution is -0.138. The van der Waals surface area contributed by atoms with Gasteiger partial charge in [0.05, 0.1) is 10.4 Å². The van der Waals surface area contributed by atoms with Crippen LogP contribution in [0.1, 0.15) is 24.0 Å². The van der Waals surface area contributed by atoms with E-state index in [-0.39, 0.29) is 5.82 Å². The summed E-state index contributed by atoms with van der Waals surface area (Å²) in [4.78, 5) is 10.7. The number of halogens is 2. The number of carbonyl (C=O) groups is 1. The number of rotatable bonds is 2. The van der Waals surface area contributed by atoms with E-state index in [1.165, 1.54) is 6.07 Å². The molecule has 0 spiro atoms. The maximum absolute atomic E-state index is 13.2. The van der Waals surface area contributed by atoms with Gasteiger partial charge in [0.1, 0.15) is 5.82 Å².